The summed E-state index contributed by atoms with van der Waals surface area (Å²) >= 11 is 0. The standard InChI is InChI=1S/C21H31NO3/c1-5-7-8-9-10-11-12-15-20(22-18(3)23)16-13-14-17-21(6-2)25-19(4)24/h6,20-21H,2,5,7-12,15H2,1,3-4H3,(H,22,23). The van der Waals surface area contributed by atoms with E-state index in [9.17, 15) is 9.59 Å². The lowest BCUT2D eigenvalue weighted by atomic mass is 10.1. The van der Waals surface area contributed by atoms with Gasteiger partial charge in [0, 0.05) is 13.8 Å². The van der Waals surface area contributed by atoms with Gasteiger partial charge in [0.2, 0.25) is 5.91 Å². The molecule has 4 heteroatoms. The average molecular weight is 345 g/mol. The number of hydrogen-bond donors (Lipinski definition) is 1. The zero-order chi connectivity index (χ0) is 18.9. The summed E-state index contributed by atoms with van der Waals surface area (Å²) in [4.78, 5) is 22.2. The monoisotopic (exact) mass is 345 g/mol. The fraction of sp³-hybridized carbons (Fsp3) is 0.619. The molecule has 1 N–H and O–H groups in total. The first-order valence-corrected chi connectivity index (χ1v) is 9.07. The van der Waals surface area contributed by atoms with Crippen LogP contribution < -0.4 is 5.32 Å². The van der Waals surface area contributed by atoms with Crippen LogP contribution in [0.1, 0.15) is 72.1 Å². The van der Waals surface area contributed by atoms with Gasteiger partial charge in [-0.2, -0.15) is 0 Å². The van der Waals surface area contributed by atoms with Crippen molar-refractivity contribution in [2.45, 2.75) is 84.3 Å². The van der Waals surface area contributed by atoms with E-state index < -0.39 is 12.1 Å². The lowest BCUT2D eigenvalue weighted by molar-refractivity contribution is -0.142. The minimum absolute atomic E-state index is 0.0981. The molecule has 0 saturated carbocycles. The number of amides is 1. The summed E-state index contributed by atoms with van der Waals surface area (Å²) in [6, 6.07) is -0.196. The summed E-state index contributed by atoms with van der Waals surface area (Å²) in [5.74, 6) is 10.6. The summed E-state index contributed by atoms with van der Waals surface area (Å²) in [7, 11) is 0. The van der Waals surface area contributed by atoms with Crippen molar-refractivity contribution in [3.8, 4) is 23.7 Å². The molecule has 0 aromatic heterocycles. The van der Waals surface area contributed by atoms with Crippen LogP contribution in [0.3, 0.4) is 0 Å². The molecule has 0 heterocycles. The van der Waals surface area contributed by atoms with Crippen LogP contribution >= 0.6 is 0 Å². The Kier molecular flexibility index (Phi) is 14.0. The van der Waals surface area contributed by atoms with Gasteiger partial charge in [-0.1, -0.05) is 64.4 Å². The lowest BCUT2D eigenvalue weighted by Crippen LogP contribution is -2.31. The van der Waals surface area contributed by atoms with Crippen LogP contribution in [-0.2, 0) is 14.3 Å². The molecule has 0 rings (SSSR count). The maximum atomic E-state index is 11.3. The molecule has 1 amide bonds. The zero-order valence-corrected chi connectivity index (χ0v) is 15.8. The molecule has 0 spiro atoms. The Hall–Kier alpha value is -2.20. The Morgan fingerprint density at radius 2 is 1.64 bits per heavy atom. The third-order valence-electron chi connectivity index (χ3n) is 3.50. The highest BCUT2D eigenvalue weighted by Gasteiger charge is 2.06. The Bertz CT molecular complexity index is 531. The van der Waals surface area contributed by atoms with Gasteiger partial charge < -0.3 is 10.1 Å². The topological polar surface area (TPSA) is 55.4 Å². The minimum Gasteiger partial charge on any atom is -0.445 e. The van der Waals surface area contributed by atoms with Gasteiger partial charge in [0.15, 0.2) is 6.10 Å². The summed E-state index contributed by atoms with van der Waals surface area (Å²) < 4.78 is 4.92. The van der Waals surface area contributed by atoms with E-state index in [4.69, 9.17) is 4.74 Å². The molecule has 0 aliphatic rings. The first-order chi connectivity index (χ1) is 12.0. The number of ether oxygens (including phenoxy) is 1. The van der Waals surface area contributed by atoms with Gasteiger partial charge in [0.1, 0.15) is 0 Å². The van der Waals surface area contributed by atoms with Crippen LogP contribution in [0.4, 0.5) is 0 Å². The predicted molar refractivity (Wildman–Crippen MR) is 102 cm³/mol. The fourth-order valence-corrected chi connectivity index (χ4v) is 2.28. The van der Waals surface area contributed by atoms with E-state index in [0.29, 0.717) is 0 Å². The summed E-state index contributed by atoms with van der Waals surface area (Å²) in [6.45, 7) is 8.57. The van der Waals surface area contributed by atoms with E-state index in [0.717, 1.165) is 19.3 Å². The normalized spacial score (nSPS) is 11.8. The van der Waals surface area contributed by atoms with Crippen molar-refractivity contribution >= 4 is 11.9 Å². The molecule has 2 atom stereocenters. The van der Waals surface area contributed by atoms with Crippen LogP contribution in [0.25, 0.3) is 0 Å². The van der Waals surface area contributed by atoms with Crippen molar-refractivity contribution < 1.29 is 14.3 Å². The predicted octanol–water partition coefficient (Wildman–Crippen LogP) is 3.76. The Morgan fingerprint density at radius 3 is 2.20 bits per heavy atom. The molecule has 25 heavy (non-hydrogen) atoms. The smallest absolute Gasteiger partial charge is 0.304 e. The molecule has 0 fully saturated rings. The lowest BCUT2D eigenvalue weighted by Gasteiger charge is -2.11. The minimum atomic E-state index is -0.658. The molecule has 2 unspecified atom stereocenters. The van der Waals surface area contributed by atoms with Crippen LogP contribution in [0.5, 0.6) is 0 Å². The largest absolute Gasteiger partial charge is 0.445 e. The van der Waals surface area contributed by atoms with Crippen molar-refractivity contribution in [3.05, 3.63) is 12.7 Å². The van der Waals surface area contributed by atoms with Crippen LogP contribution in [0.2, 0.25) is 0 Å². The molecule has 138 valence electrons. The Morgan fingerprint density at radius 1 is 1.04 bits per heavy atom. The quantitative estimate of drug-likeness (QED) is 0.268. The van der Waals surface area contributed by atoms with Crippen LogP contribution in [0, 0.1) is 23.7 Å². The van der Waals surface area contributed by atoms with E-state index in [1.807, 2.05) is 0 Å². The van der Waals surface area contributed by atoms with Crippen molar-refractivity contribution in [1.82, 2.24) is 5.32 Å². The highest BCUT2D eigenvalue weighted by Crippen LogP contribution is 2.09. The summed E-state index contributed by atoms with van der Waals surface area (Å²) in [5.41, 5.74) is 0. The molecule has 0 aliphatic heterocycles. The maximum Gasteiger partial charge on any atom is 0.304 e. The van der Waals surface area contributed by atoms with Gasteiger partial charge in [0.25, 0.3) is 0 Å². The molecule has 0 aromatic rings. The maximum absolute atomic E-state index is 11.3. The van der Waals surface area contributed by atoms with Crippen molar-refractivity contribution in [2.24, 2.45) is 0 Å². The molecule has 0 radical (unpaired) electrons. The number of nitrogens with one attached hydrogen (secondary N) is 1. The molecule has 0 saturated heterocycles. The fourth-order valence-electron chi connectivity index (χ4n) is 2.28. The van der Waals surface area contributed by atoms with Gasteiger partial charge in [-0.15, -0.1) is 0 Å². The SMILES string of the molecule is C=CC(C#CC#CC(CCCCCCCCC)NC(C)=O)OC(C)=O. The first-order valence-electron chi connectivity index (χ1n) is 9.07. The third kappa shape index (κ3) is 15.1. The Labute approximate surface area is 152 Å². The van der Waals surface area contributed by atoms with Gasteiger partial charge in [-0.3, -0.25) is 9.59 Å². The van der Waals surface area contributed by atoms with Crippen LogP contribution in [-0.4, -0.2) is 24.0 Å². The van der Waals surface area contributed by atoms with E-state index >= 15 is 0 Å². The van der Waals surface area contributed by atoms with Gasteiger partial charge in [0.05, 0.1) is 6.04 Å². The highest BCUT2D eigenvalue weighted by atomic mass is 16.5. The third-order valence-corrected chi connectivity index (χ3v) is 3.50. The molecule has 0 aliphatic carbocycles. The number of rotatable bonds is 11. The number of hydrogen-bond acceptors (Lipinski definition) is 3. The number of esters is 1. The molecule has 0 bridgehead atoms. The zero-order valence-electron chi connectivity index (χ0n) is 15.8. The average Bonchev–Trinajstić information content (AvgIpc) is 2.55. The van der Waals surface area contributed by atoms with E-state index in [2.05, 4.69) is 42.5 Å². The second-order valence-electron chi connectivity index (χ2n) is 5.97. The van der Waals surface area contributed by atoms with Gasteiger partial charge in [-0.05, 0) is 30.3 Å². The second kappa shape index (κ2) is 15.3. The van der Waals surface area contributed by atoms with Gasteiger partial charge >= 0.3 is 5.97 Å². The number of unbranched alkanes of at least 4 members (excludes halogenated alkanes) is 6. The van der Waals surface area contributed by atoms with Crippen LogP contribution in [0.15, 0.2) is 12.7 Å². The van der Waals surface area contributed by atoms with Crippen molar-refractivity contribution in [2.75, 3.05) is 0 Å². The number of carbonyl (C=O) groups is 2. The molecular weight excluding hydrogens is 314 g/mol. The summed E-state index contributed by atoms with van der Waals surface area (Å²) in [6.07, 6.45) is 10.1. The molecule has 4 nitrogen and oxygen atoms in total. The van der Waals surface area contributed by atoms with Crippen molar-refractivity contribution in [1.29, 1.82) is 0 Å². The van der Waals surface area contributed by atoms with Crippen molar-refractivity contribution in [3.63, 3.8) is 0 Å². The van der Waals surface area contributed by atoms with E-state index in [1.54, 1.807) is 0 Å². The van der Waals surface area contributed by atoms with E-state index in [1.165, 1.54) is 52.0 Å². The van der Waals surface area contributed by atoms with Gasteiger partial charge in [-0.25, -0.2) is 0 Å². The molecule has 0 aromatic carbocycles. The van der Waals surface area contributed by atoms with E-state index in [-0.39, 0.29) is 11.9 Å². The first kappa shape index (κ1) is 22.8. The number of carbonyl (C=O) groups excluding carboxylic acids is 2. The molecular formula is C21H31NO3. The Balaban J connectivity index is 4.38. The highest BCUT2D eigenvalue weighted by molar-refractivity contribution is 5.73. The second-order valence-corrected chi connectivity index (χ2v) is 5.97. The summed E-state index contributed by atoms with van der Waals surface area (Å²) in [5, 5.41) is 2.84.